The van der Waals surface area contributed by atoms with Gasteiger partial charge in [0.05, 0.1) is 6.42 Å². The maximum atomic E-state index is 13.2. The van der Waals surface area contributed by atoms with Gasteiger partial charge in [0.1, 0.15) is 6.04 Å². The predicted octanol–water partition coefficient (Wildman–Crippen LogP) is 4.31. The summed E-state index contributed by atoms with van der Waals surface area (Å²) >= 11 is 12.0. The van der Waals surface area contributed by atoms with Gasteiger partial charge in [-0.3, -0.25) is 14.5 Å². The lowest BCUT2D eigenvalue weighted by Crippen LogP contribution is -2.37. The number of H-pyrrole nitrogens is 1. The highest BCUT2D eigenvalue weighted by molar-refractivity contribution is 7.80. The minimum atomic E-state index is -0.640. The Morgan fingerprint density at radius 2 is 2.00 bits per heavy atom. The van der Waals surface area contributed by atoms with Crippen LogP contribution in [0.25, 0.3) is 10.9 Å². The van der Waals surface area contributed by atoms with Crippen molar-refractivity contribution in [1.29, 1.82) is 0 Å². The number of nitrogens with zero attached hydrogens (tertiary/aromatic N) is 2. The van der Waals surface area contributed by atoms with Gasteiger partial charge in [-0.25, -0.2) is 0 Å². The van der Waals surface area contributed by atoms with Crippen LogP contribution in [-0.4, -0.2) is 43.8 Å². The van der Waals surface area contributed by atoms with Crippen molar-refractivity contribution in [3.63, 3.8) is 0 Å². The number of carbonyl (C=O) groups excluding carboxylic acids is 2. The lowest BCUT2D eigenvalue weighted by atomic mass is 10.1. The number of fused-ring (bicyclic) bond motifs is 1. The maximum Gasteiger partial charge on any atom is 0.252 e. The van der Waals surface area contributed by atoms with Crippen LogP contribution in [0.3, 0.4) is 0 Å². The second kappa shape index (κ2) is 7.98. The van der Waals surface area contributed by atoms with E-state index in [-0.39, 0.29) is 24.3 Å². The zero-order valence-corrected chi connectivity index (χ0v) is 18.2. The highest BCUT2D eigenvalue weighted by Gasteiger charge is 2.48. The van der Waals surface area contributed by atoms with E-state index in [1.165, 1.54) is 0 Å². The summed E-state index contributed by atoms with van der Waals surface area (Å²) in [5, 5.41) is 5.09. The number of thiocarbonyl (C=S) groups is 1. The molecule has 0 spiro atoms. The molecule has 1 unspecified atom stereocenters. The van der Waals surface area contributed by atoms with Gasteiger partial charge >= 0.3 is 0 Å². The number of hydrogen-bond acceptors (Lipinski definition) is 3. The lowest BCUT2D eigenvalue weighted by molar-refractivity contribution is -0.131. The molecule has 3 aromatic rings. The van der Waals surface area contributed by atoms with Gasteiger partial charge in [-0.1, -0.05) is 35.9 Å². The van der Waals surface area contributed by atoms with Crippen LogP contribution in [0.15, 0.2) is 54.7 Å². The second-order valence-corrected chi connectivity index (χ2v) is 8.76. The summed E-state index contributed by atoms with van der Waals surface area (Å²) in [5.74, 6) is -0.330. The summed E-state index contributed by atoms with van der Waals surface area (Å²) in [5.41, 5.74) is 2.50. The normalized spacial score (nSPS) is 18.8. The quantitative estimate of drug-likeness (QED) is 0.547. The molecule has 0 radical (unpaired) electrons. The summed E-state index contributed by atoms with van der Waals surface area (Å²) in [6.07, 6.45) is 3.77. The molecule has 31 heavy (non-hydrogen) atoms. The third-order valence-electron chi connectivity index (χ3n) is 5.78. The molecule has 1 aliphatic carbocycles. The first-order valence-electron chi connectivity index (χ1n) is 10.3. The van der Waals surface area contributed by atoms with E-state index in [0.29, 0.717) is 22.4 Å². The fraction of sp³-hybridized carbons (Fsp3) is 0.261. The van der Waals surface area contributed by atoms with Crippen molar-refractivity contribution in [3.8, 4) is 0 Å². The highest BCUT2D eigenvalue weighted by atomic mass is 35.5. The van der Waals surface area contributed by atoms with Crippen molar-refractivity contribution < 1.29 is 9.59 Å². The Morgan fingerprint density at radius 1 is 1.19 bits per heavy atom. The van der Waals surface area contributed by atoms with Crippen LogP contribution in [0.4, 0.5) is 5.69 Å². The molecule has 1 aliphatic heterocycles. The standard InChI is InChI=1S/C23H21ClN4O2S/c24-18-4-2-1-3-15(18)13-27-20(22(30)28(23(27)31)17-7-8-17)12-21(29)26-16-6-5-14-9-10-25-19(14)11-16/h1-6,9-11,17,20,25H,7-8,12-13H2,(H,26,29). The Balaban J connectivity index is 1.36. The number of carbonyl (C=O) groups is 2. The molecule has 2 N–H and O–H groups in total. The fourth-order valence-corrected chi connectivity index (χ4v) is 4.65. The molecule has 2 aromatic carbocycles. The summed E-state index contributed by atoms with van der Waals surface area (Å²) in [7, 11) is 0. The first-order valence-corrected chi connectivity index (χ1v) is 11.0. The van der Waals surface area contributed by atoms with Crippen LogP contribution in [0.2, 0.25) is 5.02 Å². The molecule has 1 saturated carbocycles. The molecule has 2 heterocycles. The van der Waals surface area contributed by atoms with Gasteiger partial charge in [-0.2, -0.15) is 0 Å². The number of rotatable bonds is 6. The molecule has 2 aliphatic rings. The summed E-state index contributed by atoms with van der Waals surface area (Å²) in [4.78, 5) is 32.7. The Morgan fingerprint density at radius 3 is 2.77 bits per heavy atom. The monoisotopic (exact) mass is 452 g/mol. The number of halogens is 1. The van der Waals surface area contributed by atoms with Gasteiger partial charge in [0.25, 0.3) is 5.91 Å². The van der Waals surface area contributed by atoms with Gasteiger partial charge in [0.15, 0.2) is 5.11 Å². The number of aromatic nitrogens is 1. The topological polar surface area (TPSA) is 68.4 Å². The highest BCUT2D eigenvalue weighted by Crippen LogP contribution is 2.35. The summed E-state index contributed by atoms with van der Waals surface area (Å²) in [6, 6.07) is 14.7. The predicted molar refractivity (Wildman–Crippen MR) is 125 cm³/mol. The molecular formula is C23H21ClN4O2S. The van der Waals surface area contributed by atoms with E-state index in [9.17, 15) is 9.59 Å². The number of aromatic amines is 1. The number of benzene rings is 2. The molecule has 1 aromatic heterocycles. The first kappa shape index (κ1) is 20.0. The van der Waals surface area contributed by atoms with E-state index in [2.05, 4.69) is 10.3 Å². The third-order valence-corrected chi connectivity index (χ3v) is 6.58. The van der Waals surface area contributed by atoms with Gasteiger partial charge in [0, 0.05) is 35.0 Å². The van der Waals surface area contributed by atoms with E-state index in [1.807, 2.05) is 59.6 Å². The largest absolute Gasteiger partial charge is 0.361 e. The van der Waals surface area contributed by atoms with Crippen LogP contribution in [-0.2, 0) is 16.1 Å². The van der Waals surface area contributed by atoms with Crippen LogP contribution in [0.1, 0.15) is 24.8 Å². The number of amides is 2. The van der Waals surface area contributed by atoms with E-state index in [1.54, 1.807) is 4.90 Å². The molecule has 1 saturated heterocycles. The lowest BCUT2D eigenvalue weighted by Gasteiger charge is -2.24. The van der Waals surface area contributed by atoms with Crippen molar-refractivity contribution in [3.05, 3.63) is 65.3 Å². The van der Waals surface area contributed by atoms with E-state index >= 15 is 0 Å². The third kappa shape index (κ3) is 3.91. The zero-order valence-electron chi connectivity index (χ0n) is 16.7. The summed E-state index contributed by atoms with van der Waals surface area (Å²) in [6.45, 7) is 0.389. The van der Waals surface area contributed by atoms with E-state index in [4.69, 9.17) is 23.8 Å². The Hall–Kier alpha value is -2.90. The Kier molecular flexibility index (Phi) is 5.16. The number of hydrogen-bond donors (Lipinski definition) is 2. The van der Waals surface area contributed by atoms with E-state index < -0.39 is 6.04 Å². The molecule has 0 bridgehead atoms. The smallest absolute Gasteiger partial charge is 0.252 e. The molecule has 158 valence electrons. The van der Waals surface area contributed by atoms with Crippen LogP contribution < -0.4 is 5.32 Å². The van der Waals surface area contributed by atoms with Crippen molar-refractivity contribution >= 4 is 57.3 Å². The van der Waals surface area contributed by atoms with Gasteiger partial charge < -0.3 is 15.2 Å². The second-order valence-electron chi connectivity index (χ2n) is 7.99. The zero-order chi connectivity index (χ0) is 21.5. The van der Waals surface area contributed by atoms with Crippen LogP contribution in [0, 0.1) is 0 Å². The van der Waals surface area contributed by atoms with E-state index in [0.717, 1.165) is 29.3 Å². The minimum Gasteiger partial charge on any atom is -0.361 e. The fourth-order valence-electron chi connectivity index (χ4n) is 4.03. The van der Waals surface area contributed by atoms with Crippen molar-refractivity contribution in [2.24, 2.45) is 0 Å². The molecular weight excluding hydrogens is 432 g/mol. The molecule has 2 fully saturated rings. The van der Waals surface area contributed by atoms with Crippen molar-refractivity contribution in [2.45, 2.75) is 37.9 Å². The Bertz CT molecular complexity index is 1190. The number of nitrogens with one attached hydrogen (secondary N) is 2. The van der Waals surface area contributed by atoms with Crippen LogP contribution >= 0.6 is 23.8 Å². The minimum absolute atomic E-state index is 0.0232. The summed E-state index contributed by atoms with van der Waals surface area (Å²) < 4.78 is 0. The number of anilines is 1. The van der Waals surface area contributed by atoms with Gasteiger partial charge in [-0.15, -0.1) is 0 Å². The average molecular weight is 453 g/mol. The van der Waals surface area contributed by atoms with Crippen molar-refractivity contribution in [2.75, 3.05) is 5.32 Å². The molecule has 5 rings (SSSR count). The average Bonchev–Trinajstić information content (AvgIpc) is 3.42. The molecule has 2 amide bonds. The molecule has 8 heteroatoms. The maximum absolute atomic E-state index is 13.2. The van der Waals surface area contributed by atoms with Crippen LogP contribution in [0.5, 0.6) is 0 Å². The van der Waals surface area contributed by atoms with Gasteiger partial charge in [0.2, 0.25) is 5.91 Å². The van der Waals surface area contributed by atoms with Gasteiger partial charge in [-0.05, 0) is 60.3 Å². The Labute approximate surface area is 190 Å². The SMILES string of the molecule is O=C(CC1C(=O)N(C2CC2)C(=S)N1Cc1ccccc1Cl)Nc1ccc2cc[nH]c2c1. The molecule has 1 atom stereocenters. The van der Waals surface area contributed by atoms with Crippen molar-refractivity contribution in [1.82, 2.24) is 14.8 Å². The first-order chi connectivity index (χ1) is 15.0. The molecule has 6 nitrogen and oxygen atoms in total.